The molecule has 1 aliphatic heterocycles. The van der Waals surface area contributed by atoms with E-state index >= 15 is 0 Å². The Morgan fingerprint density at radius 2 is 1.72 bits per heavy atom. The molecule has 4 bridgehead atoms. The summed E-state index contributed by atoms with van der Waals surface area (Å²) in [6.07, 6.45) is 8.27. The van der Waals surface area contributed by atoms with E-state index in [9.17, 15) is 14.0 Å². The summed E-state index contributed by atoms with van der Waals surface area (Å²) in [6.45, 7) is 0.271. The average Bonchev–Trinajstić information content (AvgIpc) is 3.11. The van der Waals surface area contributed by atoms with Crippen molar-refractivity contribution < 1.29 is 18.7 Å². The molecule has 5 nitrogen and oxygen atoms in total. The summed E-state index contributed by atoms with van der Waals surface area (Å²) in [5, 5.41) is 1.24. The smallest absolute Gasteiger partial charge is 0.285 e. The third-order valence-corrected chi connectivity index (χ3v) is 9.34. The summed E-state index contributed by atoms with van der Waals surface area (Å²) >= 11 is 6.66. The maximum atomic E-state index is 13.5. The quantitative estimate of drug-likeness (QED) is 0.381. The topological polar surface area (TPSA) is 58.6 Å². The van der Waals surface area contributed by atoms with Crippen LogP contribution in [0.2, 0.25) is 0 Å². The Morgan fingerprint density at radius 3 is 2.39 bits per heavy atom. The van der Waals surface area contributed by atoms with Crippen molar-refractivity contribution in [1.82, 2.24) is 10.4 Å². The van der Waals surface area contributed by atoms with E-state index in [1.807, 2.05) is 24.3 Å². The monoisotopic (exact) mass is 522 g/mol. The summed E-state index contributed by atoms with van der Waals surface area (Å²) in [5.74, 6) is 1.85. The number of nitrogens with one attached hydrogen (secondary N) is 1. The van der Waals surface area contributed by atoms with E-state index in [2.05, 4.69) is 5.43 Å². The van der Waals surface area contributed by atoms with Crippen LogP contribution in [0, 0.1) is 29.0 Å². The molecule has 4 saturated carbocycles. The number of hydrogen-bond donors (Lipinski definition) is 1. The molecular formula is C28H27FN2O3S2. The predicted octanol–water partition coefficient (Wildman–Crippen LogP) is 5.85. The zero-order valence-electron chi connectivity index (χ0n) is 19.7. The summed E-state index contributed by atoms with van der Waals surface area (Å²) < 4.78 is 19.5. The first-order chi connectivity index (χ1) is 17.4. The summed E-state index contributed by atoms with van der Waals surface area (Å²) in [7, 11) is 0. The summed E-state index contributed by atoms with van der Waals surface area (Å²) in [5.41, 5.74) is 4.11. The number of thiocarbonyl (C=S) groups is 1. The van der Waals surface area contributed by atoms with Crippen molar-refractivity contribution in [3.63, 3.8) is 0 Å². The number of carbonyl (C=O) groups is 2. The Bertz CT molecular complexity index is 1220. The second-order valence-corrected chi connectivity index (χ2v) is 12.3. The van der Waals surface area contributed by atoms with Crippen LogP contribution in [0.5, 0.6) is 5.75 Å². The molecule has 186 valence electrons. The molecule has 4 aliphatic carbocycles. The van der Waals surface area contributed by atoms with Gasteiger partial charge in [-0.1, -0.05) is 42.1 Å². The highest BCUT2D eigenvalue weighted by Gasteiger charge is 2.55. The molecule has 2 aromatic carbocycles. The van der Waals surface area contributed by atoms with Gasteiger partial charge in [-0.2, -0.15) is 5.01 Å². The number of hydrazine groups is 1. The first-order valence-electron chi connectivity index (χ1n) is 12.4. The summed E-state index contributed by atoms with van der Waals surface area (Å²) in [4.78, 5) is 27.2. The number of para-hydroxylation sites is 1. The highest BCUT2D eigenvalue weighted by Crippen LogP contribution is 2.60. The van der Waals surface area contributed by atoms with E-state index < -0.39 is 0 Å². The van der Waals surface area contributed by atoms with Crippen molar-refractivity contribution in [3.05, 3.63) is 70.4 Å². The molecule has 2 amide bonds. The Labute approximate surface area is 219 Å². The van der Waals surface area contributed by atoms with Crippen LogP contribution in [-0.2, 0) is 16.2 Å². The molecule has 0 atom stereocenters. The van der Waals surface area contributed by atoms with Crippen LogP contribution in [-0.4, -0.2) is 21.1 Å². The van der Waals surface area contributed by atoms with Gasteiger partial charge in [-0.15, -0.1) is 0 Å². The number of carbonyl (C=O) groups excluding carboxylic acids is 2. The molecular weight excluding hydrogens is 495 g/mol. The molecule has 5 aliphatic rings. The molecule has 0 spiro atoms. The largest absolute Gasteiger partial charge is 0.488 e. The zero-order chi connectivity index (χ0) is 24.9. The van der Waals surface area contributed by atoms with E-state index in [-0.39, 0.29) is 29.7 Å². The SMILES string of the molecule is O=C1C(=Cc2ccccc2OCc2ccc(F)cc2)SC(=S)N1NC(=O)C12CC3CC(CC(C3)C1)C2. The van der Waals surface area contributed by atoms with Crippen LogP contribution in [0.4, 0.5) is 4.39 Å². The zero-order valence-corrected chi connectivity index (χ0v) is 21.4. The second-order valence-electron chi connectivity index (χ2n) is 10.6. The molecule has 8 heteroatoms. The molecule has 0 radical (unpaired) electrons. The van der Waals surface area contributed by atoms with Gasteiger partial charge in [-0.05, 0) is 98.3 Å². The predicted molar refractivity (Wildman–Crippen MR) is 141 cm³/mol. The molecule has 36 heavy (non-hydrogen) atoms. The molecule has 2 aromatic rings. The number of ether oxygens (including phenoxy) is 1. The third-order valence-electron chi connectivity index (χ3n) is 8.04. The molecule has 1 saturated heterocycles. The van der Waals surface area contributed by atoms with E-state index in [0.717, 1.165) is 30.4 Å². The van der Waals surface area contributed by atoms with Gasteiger partial charge in [-0.25, -0.2) is 4.39 Å². The van der Waals surface area contributed by atoms with Crippen LogP contribution < -0.4 is 10.2 Å². The third kappa shape index (κ3) is 4.45. The minimum atomic E-state index is -0.359. The van der Waals surface area contributed by atoms with E-state index in [0.29, 0.717) is 32.7 Å². The van der Waals surface area contributed by atoms with Crippen LogP contribution in [0.1, 0.15) is 49.7 Å². The number of rotatable bonds is 6. The Kier molecular flexibility index (Phi) is 6.12. The van der Waals surface area contributed by atoms with Gasteiger partial charge in [0.2, 0.25) is 5.91 Å². The lowest BCUT2D eigenvalue weighted by molar-refractivity contribution is -0.152. The van der Waals surface area contributed by atoms with Crippen molar-refractivity contribution in [2.75, 3.05) is 0 Å². The Morgan fingerprint density at radius 1 is 1.08 bits per heavy atom. The lowest BCUT2D eigenvalue weighted by Crippen LogP contribution is -2.57. The van der Waals surface area contributed by atoms with Crippen molar-refractivity contribution >= 4 is 46.2 Å². The highest BCUT2D eigenvalue weighted by molar-refractivity contribution is 8.26. The highest BCUT2D eigenvalue weighted by atomic mass is 32.2. The van der Waals surface area contributed by atoms with Gasteiger partial charge >= 0.3 is 0 Å². The van der Waals surface area contributed by atoms with Crippen LogP contribution in [0.15, 0.2) is 53.4 Å². The Balaban J connectivity index is 1.16. The van der Waals surface area contributed by atoms with E-state index in [4.69, 9.17) is 17.0 Å². The number of thioether (sulfide) groups is 1. The fourth-order valence-corrected chi connectivity index (χ4v) is 7.96. The van der Waals surface area contributed by atoms with Crippen molar-refractivity contribution in [2.24, 2.45) is 23.2 Å². The van der Waals surface area contributed by atoms with Crippen molar-refractivity contribution in [2.45, 2.75) is 45.1 Å². The molecule has 5 fully saturated rings. The minimum absolute atomic E-state index is 0.0535. The van der Waals surface area contributed by atoms with E-state index in [1.54, 1.807) is 18.2 Å². The fraction of sp³-hybridized carbons (Fsp3) is 0.393. The number of amides is 2. The van der Waals surface area contributed by atoms with Gasteiger partial charge in [0, 0.05) is 5.56 Å². The van der Waals surface area contributed by atoms with Gasteiger partial charge in [0.1, 0.15) is 18.2 Å². The number of benzene rings is 2. The van der Waals surface area contributed by atoms with Crippen molar-refractivity contribution in [3.8, 4) is 5.75 Å². The van der Waals surface area contributed by atoms with Gasteiger partial charge in [0.25, 0.3) is 5.91 Å². The van der Waals surface area contributed by atoms with Gasteiger partial charge in [0.15, 0.2) is 4.32 Å². The maximum absolute atomic E-state index is 13.5. The number of halogens is 1. The Hall–Kier alpha value is -2.71. The lowest BCUT2D eigenvalue weighted by atomic mass is 9.49. The molecule has 0 aromatic heterocycles. The molecule has 7 rings (SSSR count). The number of nitrogens with zero attached hydrogens (tertiary/aromatic N) is 1. The first kappa shape index (κ1) is 23.7. The van der Waals surface area contributed by atoms with E-state index in [1.165, 1.54) is 48.2 Å². The molecule has 1 heterocycles. The second kappa shape index (κ2) is 9.30. The summed E-state index contributed by atoms with van der Waals surface area (Å²) in [6, 6.07) is 13.6. The minimum Gasteiger partial charge on any atom is -0.488 e. The van der Waals surface area contributed by atoms with Crippen LogP contribution >= 0.6 is 24.0 Å². The van der Waals surface area contributed by atoms with Gasteiger partial charge in [-0.3, -0.25) is 15.0 Å². The van der Waals surface area contributed by atoms with Gasteiger partial charge < -0.3 is 4.74 Å². The number of hydrogen-bond acceptors (Lipinski definition) is 5. The van der Waals surface area contributed by atoms with Crippen LogP contribution in [0.3, 0.4) is 0 Å². The fourth-order valence-electron chi connectivity index (χ4n) is 6.79. The van der Waals surface area contributed by atoms with Crippen LogP contribution in [0.25, 0.3) is 6.08 Å². The molecule has 1 N–H and O–H groups in total. The lowest BCUT2D eigenvalue weighted by Gasteiger charge is -2.55. The van der Waals surface area contributed by atoms with Crippen molar-refractivity contribution in [1.29, 1.82) is 0 Å². The molecule has 0 unspecified atom stereocenters. The average molecular weight is 523 g/mol. The maximum Gasteiger partial charge on any atom is 0.285 e. The van der Waals surface area contributed by atoms with Gasteiger partial charge in [0.05, 0.1) is 10.3 Å². The standard InChI is InChI=1S/C28H27FN2O3S2/c29-22-7-5-17(6-8-22)16-34-23-4-2-1-3-21(23)12-24-25(32)31(27(35)36-24)30-26(33)28-13-18-9-19(14-28)11-20(10-18)15-28/h1-8,12,18-20H,9-11,13-16H2,(H,30,33). The first-order valence-corrected chi connectivity index (χ1v) is 13.7. The normalized spacial score (nSPS) is 29.8.